The first kappa shape index (κ1) is 16.0. The van der Waals surface area contributed by atoms with Gasteiger partial charge in [-0.2, -0.15) is 0 Å². The minimum absolute atomic E-state index is 0.255. The van der Waals surface area contributed by atoms with E-state index in [1.54, 1.807) is 0 Å². The highest BCUT2D eigenvalue weighted by atomic mass is 16.7. The van der Waals surface area contributed by atoms with Gasteiger partial charge in [0.25, 0.3) is 0 Å². The Labute approximate surface area is 127 Å². The number of ether oxygens (including phenoxy) is 2. The highest BCUT2D eigenvalue weighted by Crippen LogP contribution is 2.29. The molecule has 116 valence electrons. The minimum Gasteiger partial charge on any atom is -0.434 e. The third kappa shape index (κ3) is 5.16. The Balaban J connectivity index is 1.64. The second-order valence-electron chi connectivity index (χ2n) is 5.70. The molecule has 1 aromatic carbocycles. The third-order valence-electron chi connectivity index (χ3n) is 3.90. The zero-order valence-electron chi connectivity index (χ0n) is 12.9. The van der Waals surface area contributed by atoms with Crippen LogP contribution in [0.2, 0.25) is 0 Å². The van der Waals surface area contributed by atoms with Gasteiger partial charge in [0.1, 0.15) is 0 Å². The van der Waals surface area contributed by atoms with Crippen LogP contribution in [0, 0.1) is 0 Å². The molecule has 0 aromatic heterocycles. The van der Waals surface area contributed by atoms with Crippen molar-refractivity contribution in [3.8, 4) is 0 Å². The Kier molecular flexibility index (Phi) is 6.74. The van der Waals surface area contributed by atoms with Crippen LogP contribution in [-0.4, -0.2) is 12.3 Å². The summed E-state index contributed by atoms with van der Waals surface area (Å²) >= 11 is 0. The number of carbonyl (C=O) groups excluding carboxylic acids is 1. The summed E-state index contributed by atoms with van der Waals surface area (Å²) in [4.78, 5) is 11.8. The monoisotopic (exact) mass is 290 g/mol. The summed E-state index contributed by atoms with van der Waals surface area (Å²) in [7, 11) is 0. The molecule has 0 saturated carbocycles. The van der Waals surface area contributed by atoms with Crippen LogP contribution in [0.1, 0.15) is 70.0 Å². The first-order valence-electron chi connectivity index (χ1n) is 8.22. The third-order valence-corrected chi connectivity index (χ3v) is 3.90. The summed E-state index contributed by atoms with van der Waals surface area (Å²) in [5.41, 5.74) is 0.879. The predicted octanol–water partition coefficient (Wildman–Crippen LogP) is 4.77. The van der Waals surface area contributed by atoms with Gasteiger partial charge in [0.15, 0.2) is 6.10 Å². The number of unbranched alkanes of at least 4 members (excludes halogenated alkanes) is 6. The van der Waals surface area contributed by atoms with Crippen LogP contribution in [0.15, 0.2) is 30.3 Å². The van der Waals surface area contributed by atoms with Gasteiger partial charge in [-0.15, -0.1) is 0 Å². The van der Waals surface area contributed by atoms with Crippen LogP contribution in [0.25, 0.3) is 0 Å². The quantitative estimate of drug-likeness (QED) is 0.485. The zero-order valence-corrected chi connectivity index (χ0v) is 12.9. The summed E-state index contributed by atoms with van der Waals surface area (Å²) in [5.74, 6) is -0.255. The van der Waals surface area contributed by atoms with Gasteiger partial charge in [-0.05, 0) is 12.0 Å². The second-order valence-corrected chi connectivity index (χ2v) is 5.70. The molecule has 0 amide bonds. The van der Waals surface area contributed by atoms with Crippen molar-refractivity contribution < 1.29 is 14.3 Å². The molecule has 1 aromatic rings. The maximum Gasteiger partial charge on any atom is 0.342 e. The van der Waals surface area contributed by atoms with Gasteiger partial charge in [0.05, 0.1) is 0 Å². The molecule has 1 aliphatic heterocycles. The molecule has 3 heteroatoms. The van der Waals surface area contributed by atoms with Crippen molar-refractivity contribution in [3.05, 3.63) is 35.9 Å². The lowest BCUT2D eigenvalue weighted by atomic mass is 10.1. The van der Waals surface area contributed by atoms with Crippen molar-refractivity contribution >= 4 is 5.97 Å². The lowest BCUT2D eigenvalue weighted by Crippen LogP contribution is -2.07. The average molecular weight is 290 g/mol. The van der Waals surface area contributed by atoms with Crippen LogP contribution < -0.4 is 0 Å². The maximum absolute atomic E-state index is 11.8. The molecule has 1 aliphatic rings. The minimum atomic E-state index is -0.541. The van der Waals surface area contributed by atoms with Gasteiger partial charge in [-0.1, -0.05) is 75.8 Å². The number of cyclic esters (lactones) is 1. The summed E-state index contributed by atoms with van der Waals surface area (Å²) in [6.45, 7) is 2.23. The van der Waals surface area contributed by atoms with E-state index in [9.17, 15) is 4.79 Å². The molecule has 1 fully saturated rings. The van der Waals surface area contributed by atoms with Gasteiger partial charge in [0.2, 0.25) is 6.29 Å². The molecule has 1 heterocycles. The van der Waals surface area contributed by atoms with Gasteiger partial charge < -0.3 is 9.47 Å². The number of esters is 1. The highest BCUT2D eigenvalue weighted by Gasteiger charge is 2.35. The van der Waals surface area contributed by atoms with Crippen LogP contribution >= 0.6 is 0 Å². The summed E-state index contributed by atoms with van der Waals surface area (Å²) in [5, 5.41) is 0. The van der Waals surface area contributed by atoms with Crippen LogP contribution in [-0.2, 0) is 14.3 Å². The van der Waals surface area contributed by atoms with Crippen molar-refractivity contribution in [3.63, 3.8) is 0 Å². The van der Waals surface area contributed by atoms with E-state index in [0.717, 1.165) is 18.4 Å². The van der Waals surface area contributed by atoms with E-state index in [4.69, 9.17) is 9.47 Å². The largest absolute Gasteiger partial charge is 0.434 e. The molecule has 0 N–H and O–H groups in total. The standard InChI is InChI=1S/C18H26O3/c1-2-3-4-5-6-7-11-14-16-20-17(18(19)21-16)15-12-9-8-10-13-15/h8-10,12-13,16-17H,2-7,11,14H2,1H3/t16-,17-/m0/s1. The van der Waals surface area contributed by atoms with Gasteiger partial charge in [-0.3, -0.25) is 0 Å². The molecule has 21 heavy (non-hydrogen) atoms. The fourth-order valence-corrected chi connectivity index (χ4v) is 2.66. The SMILES string of the molecule is CCCCCCCCC[C@@H]1OC(=O)[C@H](c2ccccc2)O1. The van der Waals surface area contributed by atoms with Crippen LogP contribution in [0.3, 0.4) is 0 Å². The smallest absolute Gasteiger partial charge is 0.342 e. The number of hydrogen-bond acceptors (Lipinski definition) is 3. The van der Waals surface area contributed by atoms with E-state index in [1.165, 1.54) is 38.5 Å². The Bertz CT molecular complexity index is 416. The highest BCUT2D eigenvalue weighted by molar-refractivity contribution is 5.77. The lowest BCUT2D eigenvalue weighted by Gasteiger charge is -2.09. The Morgan fingerprint density at radius 2 is 1.62 bits per heavy atom. The van der Waals surface area contributed by atoms with Crippen molar-refractivity contribution in [1.82, 2.24) is 0 Å². The summed E-state index contributed by atoms with van der Waals surface area (Å²) < 4.78 is 11.0. The number of carbonyl (C=O) groups is 1. The molecular weight excluding hydrogens is 264 g/mol. The summed E-state index contributed by atoms with van der Waals surface area (Å²) in [6, 6.07) is 9.56. The molecule has 2 atom stereocenters. The topological polar surface area (TPSA) is 35.5 Å². The zero-order chi connectivity index (χ0) is 14.9. The first-order chi connectivity index (χ1) is 10.3. The van der Waals surface area contributed by atoms with E-state index in [-0.39, 0.29) is 12.3 Å². The Morgan fingerprint density at radius 3 is 2.33 bits per heavy atom. The van der Waals surface area contributed by atoms with Gasteiger partial charge in [-0.25, -0.2) is 4.79 Å². The Hall–Kier alpha value is -1.35. The second kappa shape index (κ2) is 8.83. The molecule has 0 bridgehead atoms. The van der Waals surface area contributed by atoms with E-state index in [0.29, 0.717) is 0 Å². The molecule has 1 saturated heterocycles. The maximum atomic E-state index is 11.8. The first-order valence-corrected chi connectivity index (χ1v) is 8.22. The van der Waals surface area contributed by atoms with Crippen molar-refractivity contribution in [2.75, 3.05) is 0 Å². The normalized spacial score (nSPS) is 21.5. The van der Waals surface area contributed by atoms with Crippen LogP contribution in [0.5, 0.6) is 0 Å². The van der Waals surface area contributed by atoms with Crippen molar-refractivity contribution in [2.24, 2.45) is 0 Å². The van der Waals surface area contributed by atoms with E-state index in [1.807, 2.05) is 30.3 Å². The van der Waals surface area contributed by atoms with Gasteiger partial charge >= 0.3 is 5.97 Å². The number of benzene rings is 1. The number of hydrogen-bond donors (Lipinski definition) is 0. The molecule has 3 nitrogen and oxygen atoms in total. The fourth-order valence-electron chi connectivity index (χ4n) is 2.66. The van der Waals surface area contributed by atoms with Crippen molar-refractivity contribution in [2.45, 2.75) is 70.7 Å². The summed E-state index contributed by atoms with van der Waals surface area (Å²) in [6.07, 6.45) is 8.69. The van der Waals surface area contributed by atoms with Gasteiger partial charge in [0, 0.05) is 6.42 Å². The van der Waals surface area contributed by atoms with E-state index < -0.39 is 6.10 Å². The van der Waals surface area contributed by atoms with Crippen LogP contribution in [0.4, 0.5) is 0 Å². The molecule has 0 radical (unpaired) electrons. The molecule has 2 rings (SSSR count). The molecule has 0 aliphatic carbocycles. The van der Waals surface area contributed by atoms with Crippen molar-refractivity contribution in [1.29, 1.82) is 0 Å². The Morgan fingerprint density at radius 1 is 0.952 bits per heavy atom. The average Bonchev–Trinajstić information content (AvgIpc) is 2.88. The molecule has 0 unspecified atom stereocenters. The fraction of sp³-hybridized carbons (Fsp3) is 0.611. The molecule has 0 spiro atoms. The molecular formula is C18H26O3. The van der Waals surface area contributed by atoms with E-state index in [2.05, 4.69) is 6.92 Å². The lowest BCUT2D eigenvalue weighted by molar-refractivity contribution is -0.144. The number of rotatable bonds is 9. The predicted molar refractivity (Wildman–Crippen MR) is 82.8 cm³/mol. The van der Waals surface area contributed by atoms with E-state index >= 15 is 0 Å².